The molecule has 204 valence electrons. The molecule has 0 nitrogen and oxygen atoms in total. The first-order valence-corrected chi connectivity index (χ1v) is 13.7. The first-order chi connectivity index (χ1) is 18.3. The number of hydrogen-bond acceptors (Lipinski definition) is 0. The second-order valence-electron chi connectivity index (χ2n) is 10.4. The quantitative estimate of drug-likeness (QED) is 0.146. The topological polar surface area (TPSA) is 0 Å². The number of hydrogen-bond donors (Lipinski definition) is 0. The molecule has 0 bridgehead atoms. The maximum absolute atomic E-state index is 15.6. The molecule has 1 fully saturated rings. The van der Waals surface area contributed by atoms with Gasteiger partial charge in [0.1, 0.15) is 0 Å². The smallest absolute Gasteiger partial charge is 0.170 e. The third kappa shape index (κ3) is 5.37. The Kier molecular flexibility index (Phi) is 9.22. The summed E-state index contributed by atoms with van der Waals surface area (Å²) in [5, 5.41) is 0. The molecule has 4 rings (SSSR count). The van der Waals surface area contributed by atoms with Gasteiger partial charge in [0.05, 0.1) is 5.56 Å². The Morgan fingerprint density at radius 3 is 1.92 bits per heavy atom. The molecule has 0 heterocycles. The fourth-order valence-electron chi connectivity index (χ4n) is 6.30. The fourth-order valence-corrected chi connectivity index (χ4v) is 6.30. The van der Waals surface area contributed by atoms with Crippen LogP contribution in [-0.4, -0.2) is 0 Å². The van der Waals surface area contributed by atoms with Crippen LogP contribution in [-0.2, 0) is 0 Å². The first kappa shape index (κ1) is 28.3. The van der Waals surface area contributed by atoms with Gasteiger partial charge in [-0.3, -0.25) is 0 Å². The Morgan fingerprint density at radius 1 is 0.684 bits per heavy atom. The van der Waals surface area contributed by atoms with Crippen molar-refractivity contribution in [1.82, 2.24) is 0 Å². The average molecular weight is 533 g/mol. The predicted molar refractivity (Wildman–Crippen MR) is 140 cm³/mol. The monoisotopic (exact) mass is 532 g/mol. The van der Waals surface area contributed by atoms with Crippen LogP contribution in [0.3, 0.4) is 0 Å². The lowest BCUT2D eigenvalue weighted by Crippen LogP contribution is -2.27. The van der Waals surface area contributed by atoms with Crippen molar-refractivity contribution in [2.24, 2.45) is 11.8 Å². The second-order valence-corrected chi connectivity index (χ2v) is 10.4. The first-order valence-electron chi connectivity index (χ1n) is 13.7. The van der Waals surface area contributed by atoms with E-state index in [1.54, 1.807) is 37.3 Å². The van der Waals surface area contributed by atoms with E-state index in [4.69, 9.17) is 0 Å². The normalized spacial score (nSPS) is 18.5. The van der Waals surface area contributed by atoms with E-state index in [1.807, 2.05) is 0 Å². The minimum Gasteiger partial charge on any atom is -0.203 e. The third-order valence-electron chi connectivity index (χ3n) is 8.21. The van der Waals surface area contributed by atoms with Crippen molar-refractivity contribution in [2.75, 3.05) is 0 Å². The zero-order chi connectivity index (χ0) is 27.4. The molecule has 6 heteroatoms. The van der Waals surface area contributed by atoms with Gasteiger partial charge in [-0.15, -0.1) is 0 Å². The summed E-state index contributed by atoms with van der Waals surface area (Å²) in [7, 11) is 0. The lowest BCUT2D eigenvalue weighted by Gasteiger charge is -2.38. The molecule has 3 aromatic carbocycles. The van der Waals surface area contributed by atoms with E-state index in [2.05, 4.69) is 6.92 Å². The highest BCUT2D eigenvalue weighted by molar-refractivity contribution is 5.73. The van der Waals surface area contributed by atoms with E-state index >= 15 is 22.0 Å². The Hall–Kier alpha value is -2.76. The molecule has 3 unspecified atom stereocenters. The van der Waals surface area contributed by atoms with E-state index < -0.39 is 57.5 Å². The zero-order valence-corrected chi connectivity index (χ0v) is 21.9. The summed E-state index contributed by atoms with van der Waals surface area (Å²) in [5.41, 5.74) is -2.46. The molecule has 0 amide bonds. The van der Waals surface area contributed by atoms with Crippen molar-refractivity contribution in [3.63, 3.8) is 0 Å². The number of unbranched alkanes of at least 4 members (excludes halogenated alkanes) is 2. The van der Waals surface area contributed by atoms with Crippen LogP contribution in [0.5, 0.6) is 0 Å². The molecule has 0 radical (unpaired) electrons. The van der Waals surface area contributed by atoms with Crippen molar-refractivity contribution in [3.05, 3.63) is 82.9 Å². The SMILES string of the molecule is CCCCCC1CCCCC1C(CC)c1c(F)c(F)c(-c2ccc(-c3ccccc3)c(F)c2F)c(F)c1F. The summed E-state index contributed by atoms with van der Waals surface area (Å²) in [6.45, 7) is 3.87. The van der Waals surface area contributed by atoms with Crippen LogP contribution in [0, 0.1) is 46.7 Å². The van der Waals surface area contributed by atoms with E-state index in [-0.39, 0.29) is 17.4 Å². The van der Waals surface area contributed by atoms with E-state index in [9.17, 15) is 4.39 Å². The van der Waals surface area contributed by atoms with E-state index in [1.165, 1.54) is 0 Å². The molecule has 0 aliphatic heterocycles. The van der Waals surface area contributed by atoms with Gasteiger partial charge in [0.15, 0.2) is 34.9 Å². The third-order valence-corrected chi connectivity index (χ3v) is 8.21. The summed E-state index contributed by atoms with van der Waals surface area (Å²) in [6.07, 6.45) is 7.94. The lowest BCUT2D eigenvalue weighted by atomic mass is 9.67. The van der Waals surface area contributed by atoms with Gasteiger partial charge < -0.3 is 0 Å². The highest BCUT2D eigenvalue weighted by Crippen LogP contribution is 2.47. The molecule has 1 aliphatic rings. The van der Waals surface area contributed by atoms with Gasteiger partial charge in [-0.25, -0.2) is 26.3 Å². The van der Waals surface area contributed by atoms with Crippen LogP contribution in [0.4, 0.5) is 26.3 Å². The van der Waals surface area contributed by atoms with Gasteiger partial charge >= 0.3 is 0 Å². The molecule has 0 N–H and O–H groups in total. The Bertz CT molecular complexity index is 1220. The van der Waals surface area contributed by atoms with Crippen LogP contribution in [0.1, 0.15) is 83.1 Å². The van der Waals surface area contributed by atoms with Crippen molar-refractivity contribution >= 4 is 0 Å². The van der Waals surface area contributed by atoms with E-state index in [0.717, 1.165) is 63.5 Å². The Balaban J connectivity index is 1.77. The summed E-state index contributed by atoms with van der Waals surface area (Å²) < 4.78 is 92.2. The van der Waals surface area contributed by atoms with E-state index in [0.29, 0.717) is 12.0 Å². The Morgan fingerprint density at radius 2 is 1.29 bits per heavy atom. The molecule has 38 heavy (non-hydrogen) atoms. The fraction of sp³-hybridized carbons (Fsp3) is 0.438. The van der Waals surface area contributed by atoms with Gasteiger partial charge in [0.25, 0.3) is 0 Å². The van der Waals surface area contributed by atoms with Crippen molar-refractivity contribution in [1.29, 1.82) is 0 Å². The van der Waals surface area contributed by atoms with Crippen molar-refractivity contribution in [3.8, 4) is 22.3 Å². The molecule has 0 aromatic heterocycles. The number of rotatable bonds is 9. The molecular weight excluding hydrogens is 498 g/mol. The Labute approximate surface area is 221 Å². The second kappa shape index (κ2) is 12.4. The van der Waals surface area contributed by atoms with Gasteiger partial charge in [-0.2, -0.15) is 0 Å². The summed E-state index contributed by atoms with van der Waals surface area (Å²) >= 11 is 0. The minimum absolute atomic E-state index is 0.0985. The summed E-state index contributed by atoms with van der Waals surface area (Å²) in [6, 6.07) is 10.2. The molecular formula is C32H34F6. The molecule has 3 aromatic rings. The molecule has 1 aliphatic carbocycles. The minimum atomic E-state index is -1.69. The van der Waals surface area contributed by atoms with Gasteiger partial charge in [0, 0.05) is 16.7 Å². The predicted octanol–water partition coefficient (Wildman–Crippen LogP) is 10.7. The van der Waals surface area contributed by atoms with Crippen LogP contribution < -0.4 is 0 Å². The van der Waals surface area contributed by atoms with Gasteiger partial charge in [-0.1, -0.05) is 101 Å². The van der Waals surface area contributed by atoms with Crippen LogP contribution in [0.15, 0.2) is 42.5 Å². The maximum Gasteiger partial charge on any atom is 0.170 e. The number of halogens is 6. The van der Waals surface area contributed by atoms with Gasteiger partial charge in [-0.05, 0) is 36.2 Å². The lowest BCUT2D eigenvalue weighted by molar-refractivity contribution is 0.177. The van der Waals surface area contributed by atoms with Crippen LogP contribution >= 0.6 is 0 Å². The molecule has 0 saturated heterocycles. The van der Waals surface area contributed by atoms with Crippen LogP contribution in [0.2, 0.25) is 0 Å². The maximum atomic E-state index is 15.6. The number of benzene rings is 3. The summed E-state index contributed by atoms with van der Waals surface area (Å²) in [5.74, 6) is -9.91. The van der Waals surface area contributed by atoms with Crippen molar-refractivity contribution in [2.45, 2.75) is 77.6 Å². The highest BCUT2D eigenvalue weighted by atomic mass is 19.2. The molecule has 0 spiro atoms. The summed E-state index contributed by atoms with van der Waals surface area (Å²) in [4.78, 5) is 0. The molecule has 3 atom stereocenters. The average Bonchev–Trinajstić information content (AvgIpc) is 2.93. The van der Waals surface area contributed by atoms with Crippen molar-refractivity contribution < 1.29 is 26.3 Å². The van der Waals surface area contributed by atoms with Gasteiger partial charge in [0.2, 0.25) is 0 Å². The largest absolute Gasteiger partial charge is 0.203 e. The standard InChI is InChI=1S/C32H34F6/c1-3-5-7-12-19-15-10-11-16-22(19)21(4-2)25-29(35)31(37)26(32(38)30(25)36)24-18-17-23(27(33)28(24)34)20-13-8-6-9-14-20/h6,8-9,13-14,17-19,21-22H,3-5,7,10-12,15-16H2,1-2H3. The molecule has 1 saturated carbocycles. The van der Waals surface area contributed by atoms with Crippen LogP contribution in [0.25, 0.3) is 22.3 Å². The highest BCUT2D eigenvalue weighted by Gasteiger charge is 2.38. The zero-order valence-electron chi connectivity index (χ0n) is 21.9.